The molecule has 1 saturated heterocycles. The third-order valence-electron chi connectivity index (χ3n) is 7.82. The molecule has 2 aliphatic carbocycles. The smallest absolute Gasteiger partial charge is 0.0691 e. The molecule has 0 radical (unpaired) electrons. The topological polar surface area (TPSA) is 34.2 Å². The molecule has 3 heteroatoms. The van der Waals surface area contributed by atoms with Gasteiger partial charge in [-0.3, -0.25) is 4.98 Å². The Morgan fingerprint density at radius 3 is 2.73 bits per heavy atom. The molecular formula is C27H34N2O. The predicted molar refractivity (Wildman–Crippen MR) is 122 cm³/mol. The number of fused-ring (bicyclic) bond motifs is 1. The normalized spacial score (nSPS) is 27.9. The Bertz CT molecular complexity index is 887. The Morgan fingerprint density at radius 1 is 1.07 bits per heavy atom. The molecular weight excluding hydrogens is 368 g/mol. The molecule has 1 aromatic carbocycles. The summed E-state index contributed by atoms with van der Waals surface area (Å²) < 4.78 is 6.40. The Balaban J connectivity index is 1.34. The minimum atomic E-state index is 0.0882. The van der Waals surface area contributed by atoms with Gasteiger partial charge < -0.3 is 10.1 Å². The van der Waals surface area contributed by atoms with Crippen molar-refractivity contribution in [3.63, 3.8) is 0 Å². The highest BCUT2D eigenvalue weighted by Gasteiger charge is 2.48. The van der Waals surface area contributed by atoms with E-state index in [-0.39, 0.29) is 11.0 Å². The number of nitrogens with zero attached hydrogens (tertiary/aromatic N) is 1. The first-order chi connectivity index (χ1) is 14.7. The average molecular weight is 403 g/mol. The monoisotopic (exact) mass is 402 g/mol. The van der Waals surface area contributed by atoms with Gasteiger partial charge in [-0.25, -0.2) is 0 Å². The maximum absolute atomic E-state index is 6.40. The van der Waals surface area contributed by atoms with Crippen LogP contribution in [0.3, 0.4) is 0 Å². The van der Waals surface area contributed by atoms with Crippen LogP contribution in [0.2, 0.25) is 0 Å². The summed E-state index contributed by atoms with van der Waals surface area (Å²) in [7, 11) is 0. The van der Waals surface area contributed by atoms with Crippen LogP contribution in [0.15, 0.2) is 55.2 Å². The Morgan fingerprint density at radius 2 is 1.90 bits per heavy atom. The van der Waals surface area contributed by atoms with E-state index in [1.165, 1.54) is 48.1 Å². The summed E-state index contributed by atoms with van der Waals surface area (Å²) in [6, 6.07) is 15.6. The molecule has 1 saturated carbocycles. The van der Waals surface area contributed by atoms with E-state index in [2.05, 4.69) is 48.3 Å². The quantitative estimate of drug-likeness (QED) is 0.669. The van der Waals surface area contributed by atoms with Crippen molar-refractivity contribution in [2.24, 2.45) is 0 Å². The molecule has 1 aliphatic heterocycles. The van der Waals surface area contributed by atoms with Gasteiger partial charge in [-0.15, -0.1) is 0 Å². The number of nitrogens with one attached hydrogen (secondary N) is 1. The minimum Gasteiger partial charge on any atom is -0.375 e. The van der Waals surface area contributed by atoms with Crippen LogP contribution in [0.25, 0.3) is 5.57 Å². The zero-order chi connectivity index (χ0) is 20.4. The molecule has 2 aromatic rings. The molecule has 3 nitrogen and oxygen atoms in total. The van der Waals surface area contributed by atoms with Crippen LogP contribution >= 0.6 is 0 Å². The largest absolute Gasteiger partial charge is 0.375 e. The van der Waals surface area contributed by atoms with Crippen molar-refractivity contribution in [2.45, 2.75) is 74.8 Å². The van der Waals surface area contributed by atoms with Gasteiger partial charge >= 0.3 is 0 Å². The maximum atomic E-state index is 6.40. The Kier molecular flexibility index (Phi) is 5.51. The molecule has 2 heterocycles. The molecule has 158 valence electrons. The number of aromatic nitrogens is 1. The third-order valence-corrected chi connectivity index (χ3v) is 7.82. The van der Waals surface area contributed by atoms with Gasteiger partial charge in [-0.1, -0.05) is 49.8 Å². The number of rotatable bonds is 5. The van der Waals surface area contributed by atoms with E-state index in [0.29, 0.717) is 6.04 Å². The lowest BCUT2D eigenvalue weighted by atomic mass is 9.68. The standard InChI is InChI=1S/C27H34N2O/c1-21-11-12-24(23-9-3-2-8-22(21)23)28-18-15-26(25-10-4-7-17-29-25)16-19-30-27(20-26)13-5-6-14-27/h2-4,7-10,17,24,28H,1,5-6,11-16,18-20H2/t24-,26+/m0/s1. The summed E-state index contributed by atoms with van der Waals surface area (Å²) in [6.45, 7) is 6.16. The molecule has 1 spiro atoms. The van der Waals surface area contributed by atoms with Gasteiger partial charge in [0, 0.05) is 30.0 Å². The summed E-state index contributed by atoms with van der Waals surface area (Å²) >= 11 is 0. The Hall–Kier alpha value is -1.97. The van der Waals surface area contributed by atoms with Crippen LogP contribution in [-0.2, 0) is 10.2 Å². The fourth-order valence-corrected chi connectivity index (χ4v) is 6.23. The van der Waals surface area contributed by atoms with E-state index in [9.17, 15) is 0 Å². The highest BCUT2D eigenvalue weighted by molar-refractivity contribution is 5.68. The zero-order valence-corrected chi connectivity index (χ0v) is 18.0. The maximum Gasteiger partial charge on any atom is 0.0691 e. The van der Waals surface area contributed by atoms with Crippen molar-refractivity contribution in [2.75, 3.05) is 13.2 Å². The van der Waals surface area contributed by atoms with E-state index in [1.807, 2.05) is 12.3 Å². The fourth-order valence-electron chi connectivity index (χ4n) is 6.23. The van der Waals surface area contributed by atoms with Gasteiger partial charge in [-0.2, -0.15) is 0 Å². The molecule has 30 heavy (non-hydrogen) atoms. The van der Waals surface area contributed by atoms with Crippen molar-refractivity contribution in [1.29, 1.82) is 0 Å². The van der Waals surface area contributed by atoms with E-state index in [4.69, 9.17) is 9.72 Å². The number of pyridine rings is 1. The lowest BCUT2D eigenvalue weighted by Gasteiger charge is -2.46. The first kappa shape index (κ1) is 20.0. The van der Waals surface area contributed by atoms with Crippen molar-refractivity contribution < 1.29 is 4.74 Å². The molecule has 3 aliphatic rings. The van der Waals surface area contributed by atoms with Gasteiger partial charge in [0.15, 0.2) is 0 Å². The number of hydrogen-bond donors (Lipinski definition) is 1. The zero-order valence-electron chi connectivity index (χ0n) is 18.0. The van der Waals surface area contributed by atoms with E-state index >= 15 is 0 Å². The number of hydrogen-bond acceptors (Lipinski definition) is 3. The summed E-state index contributed by atoms with van der Waals surface area (Å²) in [5.74, 6) is 0. The van der Waals surface area contributed by atoms with Crippen molar-refractivity contribution in [1.82, 2.24) is 10.3 Å². The van der Waals surface area contributed by atoms with Crippen LogP contribution in [0.1, 0.15) is 80.7 Å². The average Bonchev–Trinajstić information content (AvgIpc) is 3.23. The van der Waals surface area contributed by atoms with Crippen molar-refractivity contribution in [3.8, 4) is 0 Å². The van der Waals surface area contributed by atoms with E-state index < -0.39 is 0 Å². The molecule has 2 atom stereocenters. The van der Waals surface area contributed by atoms with Gasteiger partial charge in [0.05, 0.1) is 5.60 Å². The highest BCUT2D eigenvalue weighted by Crippen LogP contribution is 2.49. The van der Waals surface area contributed by atoms with Gasteiger partial charge in [-0.05, 0) is 80.3 Å². The van der Waals surface area contributed by atoms with Crippen molar-refractivity contribution >= 4 is 5.57 Å². The number of allylic oxidation sites excluding steroid dienone is 1. The van der Waals surface area contributed by atoms with Crippen molar-refractivity contribution in [3.05, 3.63) is 72.1 Å². The third kappa shape index (κ3) is 3.74. The second-order valence-corrected chi connectivity index (χ2v) is 9.65. The molecule has 1 N–H and O–H groups in total. The lowest BCUT2D eigenvalue weighted by molar-refractivity contribution is -0.104. The minimum absolute atomic E-state index is 0.0882. The molecule has 0 unspecified atom stereocenters. The predicted octanol–water partition coefficient (Wildman–Crippen LogP) is 5.97. The second kappa shape index (κ2) is 8.28. The first-order valence-corrected chi connectivity index (χ1v) is 11.8. The highest BCUT2D eigenvalue weighted by atomic mass is 16.5. The number of benzene rings is 1. The molecule has 0 bridgehead atoms. The van der Waals surface area contributed by atoms with Crippen LogP contribution in [0.4, 0.5) is 0 Å². The van der Waals surface area contributed by atoms with Crippen LogP contribution in [0.5, 0.6) is 0 Å². The van der Waals surface area contributed by atoms with E-state index in [0.717, 1.165) is 45.3 Å². The van der Waals surface area contributed by atoms with E-state index in [1.54, 1.807) is 0 Å². The summed E-state index contributed by atoms with van der Waals surface area (Å²) in [5, 5.41) is 3.91. The number of ether oxygens (including phenoxy) is 1. The molecule has 0 amide bonds. The summed E-state index contributed by atoms with van der Waals surface area (Å²) in [4.78, 5) is 4.85. The summed E-state index contributed by atoms with van der Waals surface area (Å²) in [6.07, 6.45) is 12.5. The molecule has 5 rings (SSSR count). The first-order valence-electron chi connectivity index (χ1n) is 11.8. The Labute approximate surface area is 181 Å². The fraction of sp³-hybridized carbons (Fsp3) is 0.519. The lowest BCUT2D eigenvalue weighted by Crippen LogP contribution is -2.47. The SMILES string of the molecule is C=C1CC[C@H](NCC[C@@]2(c3ccccn3)CCOC3(CCCC3)C2)c2ccccc21. The van der Waals surface area contributed by atoms with Crippen LogP contribution in [0, 0.1) is 0 Å². The van der Waals surface area contributed by atoms with Gasteiger partial charge in [0.25, 0.3) is 0 Å². The summed E-state index contributed by atoms with van der Waals surface area (Å²) in [5.41, 5.74) is 5.51. The van der Waals surface area contributed by atoms with Crippen LogP contribution in [-0.4, -0.2) is 23.7 Å². The molecule has 2 fully saturated rings. The van der Waals surface area contributed by atoms with Gasteiger partial charge in [0.1, 0.15) is 0 Å². The molecule has 1 aromatic heterocycles. The van der Waals surface area contributed by atoms with Crippen LogP contribution < -0.4 is 5.32 Å². The van der Waals surface area contributed by atoms with Gasteiger partial charge in [0.2, 0.25) is 0 Å². The second-order valence-electron chi connectivity index (χ2n) is 9.65.